The average molecular weight is 236 g/mol. The molecule has 0 amide bonds. The normalized spacial score (nSPS) is 10.6. The maximum atomic E-state index is 9.53. The van der Waals surface area contributed by atoms with Crippen molar-refractivity contribution in [2.24, 2.45) is 0 Å². The second-order valence-corrected chi connectivity index (χ2v) is 4.86. The molecule has 1 aromatic rings. The second-order valence-electron chi connectivity index (χ2n) is 4.86. The molecule has 0 aromatic heterocycles. The van der Waals surface area contributed by atoms with E-state index < -0.39 is 5.60 Å². The van der Waals surface area contributed by atoms with Crippen molar-refractivity contribution in [2.75, 3.05) is 0 Å². The fourth-order valence-electron chi connectivity index (χ4n) is 1.71. The zero-order valence-electron chi connectivity index (χ0n) is 11.9. The number of hydrogen-bond donors (Lipinski definition) is 1. The number of unbranched alkanes of at least 4 members (excludes halogenated alkanes) is 2. The van der Waals surface area contributed by atoms with Crippen molar-refractivity contribution in [3.05, 3.63) is 35.9 Å². The smallest absolute Gasteiger partial charge is 0.0591 e. The van der Waals surface area contributed by atoms with Gasteiger partial charge in [0.2, 0.25) is 0 Å². The summed E-state index contributed by atoms with van der Waals surface area (Å²) in [6.07, 6.45) is 5.61. The predicted octanol–water partition coefficient (Wildman–Crippen LogP) is 4.59. The Morgan fingerprint density at radius 1 is 0.941 bits per heavy atom. The molecule has 0 saturated heterocycles. The Kier molecular flexibility index (Phi) is 8.79. The van der Waals surface area contributed by atoms with Gasteiger partial charge in [0.1, 0.15) is 0 Å². The summed E-state index contributed by atoms with van der Waals surface area (Å²) in [5.41, 5.74) is 0.924. The predicted molar refractivity (Wildman–Crippen MR) is 76.3 cm³/mol. The van der Waals surface area contributed by atoms with E-state index in [0.29, 0.717) is 0 Å². The zero-order chi connectivity index (χ0) is 13.1. The fraction of sp³-hybridized carbons (Fsp3) is 0.625. The maximum absolute atomic E-state index is 9.53. The van der Waals surface area contributed by atoms with E-state index in [-0.39, 0.29) is 0 Å². The van der Waals surface area contributed by atoms with Gasteiger partial charge < -0.3 is 5.11 Å². The summed E-state index contributed by atoms with van der Waals surface area (Å²) in [4.78, 5) is 0. The van der Waals surface area contributed by atoms with Crippen molar-refractivity contribution in [1.29, 1.82) is 0 Å². The molecule has 0 bridgehead atoms. The van der Waals surface area contributed by atoms with Crippen LogP contribution in [-0.4, -0.2) is 10.7 Å². The summed E-state index contributed by atoms with van der Waals surface area (Å²) >= 11 is 0. The van der Waals surface area contributed by atoms with E-state index in [1.807, 2.05) is 27.7 Å². The zero-order valence-corrected chi connectivity index (χ0v) is 11.9. The minimum atomic E-state index is -0.493. The molecule has 1 rings (SSSR count). The summed E-state index contributed by atoms with van der Waals surface area (Å²) in [5, 5.41) is 9.53. The monoisotopic (exact) mass is 236 g/mol. The molecule has 0 saturated carbocycles. The Labute approximate surface area is 107 Å². The standard InChI is InChI=1S/C14H22O.C2H6/c1-14(2,15)12-8-4-7-11-13-9-5-3-6-10-13;1-2/h3,5-6,9-10,15H,4,7-8,11-12H2,1-2H3;1-2H3. The van der Waals surface area contributed by atoms with Crippen LogP contribution in [0.1, 0.15) is 58.9 Å². The second kappa shape index (κ2) is 9.23. The molecule has 0 fully saturated rings. The molecule has 0 aliphatic heterocycles. The first kappa shape index (κ1) is 16.2. The van der Waals surface area contributed by atoms with Gasteiger partial charge in [-0.2, -0.15) is 0 Å². The number of benzene rings is 1. The quantitative estimate of drug-likeness (QED) is 0.716. The third kappa shape index (κ3) is 10.1. The summed E-state index contributed by atoms with van der Waals surface area (Å²) in [6, 6.07) is 10.6. The van der Waals surface area contributed by atoms with E-state index in [2.05, 4.69) is 30.3 Å². The number of aryl methyl sites for hydroxylation is 1. The molecule has 0 spiro atoms. The molecule has 17 heavy (non-hydrogen) atoms. The Bertz CT molecular complexity index is 259. The topological polar surface area (TPSA) is 20.2 Å². The van der Waals surface area contributed by atoms with E-state index in [1.165, 1.54) is 18.4 Å². The van der Waals surface area contributed by atoms with Crippen LogP contribution in [0, 0.1) is 0 Å². The Hall–Kier alpha value is -0.820. The van der Waals surface area contributed by atoms with Gasteiger partial charge in [-0.25, -0.2) is 0 Å². The first-order chi connectivity index (χ1) is 8.08. The molecule has 1 nitrogen and oxygen atoms in total. The highest BCUT2D eigenvalue weighted by molar-refractivity contribution is 5.14. The SMILES string of the molecule is CC.CC(C)(O)CCCCCc1ccccc1. The van der Waals surface area contributed by atoms with Crippen molar-refractivity contribution in [3.63, 3.8) is 0 Å². The van der Waals surface area contributed by atoms with Crippen molar-refractivity contribution in [1.82, 2.24) is 0 Å². The molecule has 98 valence electrons. The molecule has 0 aliphatic carbocycles. The lowest BCUT2D eigenvalue weighted by atomic mass is 9.99. The van der Waals surface area contributed by atoms with E-state index in [4.69, 9.17) is 0 Å². The van der Waals surface area contributed by atoms with Crippen molar-refractivity contribution >= 4 is 0 Å². The van der Waals surface area contributed by atoms with Crippen LogP contribution in [0.15, 0.2) is 30.3 Å². The molecular formula is C16H28O. The maximum Gasteiger partial charge on any atom is 0.0591 e. The van der Waals surface area contributed by atoms with Crippen molar-refractivity contribution < 1.29 is 5.11 Å². The van der Waals surface area contributed by atoms with Crippen LogP contribution in [0.5, 0.6) is 0 Å². The van der Waals surface area contributed by atoms with Gasteiger partial charge in [-0.1, -0.05) is 57.0 Å². The number of aliphatic hydroxyl groups is 1. The molecule has 0 atom stereocenters. The summed E-state index contributed by atoms with van der Waals surface area (Å²) in [7, 11) is 0. The first-order valence-corrected chi connectivity index (χ1v) is 6.84. The summed E-state index contributed by atoms with van der Waals surface area (Å²) < 4.78 is 0. The van der Waals surface area contributed by atoms with E-state index in [9.17, 15) is 5.11 Å². The molecule has 1 heteroatoms. The van der Waals surface area contributed by atoms with Crippen molar-refractivity contribution in [3.8, 4) is 0 Å². The van der Waals surface area contributed by atoms with Crippen LogP contribution in [0.2, 0.25) is 0 Å². The van der Waals surface area contributed by atoms with Gasteiger partial charge in [0, 0.05) is 0 Å². The van der Waals surface area contributed by atoms with E-state index >= 15 is 0 Å². The van der Waals surface area contributed by atoms with Gasteiger partial charge in [0.15, 0.2) is 0 Å². The lowest BCUT2D eigenvalue weighted by molar-refractivity contribution is 0.0681. The van der Waals surface area contributed by atoms with Crippen molar-refractivity contribution in [2.45, 2.75) is 65.4 Å². The number of hydrogen-bond acceptors (Lipinski definition) is 1. The van der Waals surface area contributed by atoms with Gasteiger partial charge in [-0.15, -0.1) is 0 Å². The minimum Gasteiger partial charge on any atom is -0.390 e. The Morgan fingerprint density at radius 3 is 2.06 bits per heavy atom. The highest BCUT2D eigenvalue weighted by atomic mass is 16.3. The van der Waals surface area contributed by atoms with Crippen LogP contribution in [0.3, 0.4) is 0 Å². The van der Waals surface area contributed by atoms with Gasteiger partial charge in [0.05, 0.1) is 5.60 Å². The lowest BCUT2D eigenvalue weighted by Gasteiger charge is -2.16. The van der Waals surface area contributed by atoms with Crippen LogP contribution in [0.25, 0.3) is 0 Å². The Balaban J connectivity index is 0.00000121. The molecule has 0 radical (unpaired) electrons. The molecule has 0 heterocycles. The van der Waals surface area contributed by atoms with Crippen LogP contribution in [0.4, 0.5) is 0 Å². The largest absolute Gasteiger partial charge is 0.390 e. The molecule has 1 N–H and O–H groups in total. The number of rotatable bonds is 6. The molecule has 0 aliphatic rings. The van der Waals surface area contributed by atoms with E-state index in [0.717, 1.165) is 19.3 Å². The third-order valence-corrected chi connectivity index (χ3v) is 2.60. The first-order valence-electron chi connectivity index (χ1n) is 6.84. The van der Waals surface area contributed by atoms with E-state index in [1.54, 1.807) is 0 Å². The molecule has 1 aromatic carbocycles. The Morgan fingerprint density at radius 2 is 1.53 bits per heavy atom. The molecule has 0 unspecified atom stereocenters. The van der Waals surface area contributed by atoms with Gasteiger partial charge >= 0.3 is 0 Å². The molecular weight excluding hydrogens is 208 g/mol. The van der Waals surface area contributed by atoms with Crippen LogP contribution < -0.4 is 0 Å². The average Bonchev–Trinajstić information content (AvgIpc) is 2.31. The minimum absolute atomic E-state index is 0.493. The summed E-state index contributed by atoms with van der Waals surface area (Å²) in [5.74, 6) is 0. The van der Waals surface area contributed by atoms with Gasteiger partial charge in [0.25, 0.3) is 0 Å². The van der Waals surface area contributed by atoms with Crippen LogP contribution >= 0.6 is 0 Å². The van der Waals surface area contributed by atoms with Crippen LogP contribution in [-0.2, 0) is 6.42 Å². The van der Waals surface area contributed by atoms with Gasteiger partial charge in [-0.05, 0) is 38.7 Å². The summed E-state index contributed by atoms with van der Waals surface area (Å²) in [6.45, 7) is 7.76. The highest BCUT2D eigenvalue weighted by Gasteiger charge is 2.10. The highest BCUT2D eigenvalue weighted by Crippen LogP contribution is 2.14. The fourth-order valence-corrected chi connectivity index (χ4v) is 1.71. The van der Waals surface area contributed by atoms with Gasteiger partial charge in [-0.3, -0.25) is 0 Å². The lowest BCUT2D eigenvalue weighted by Crippen LogP contribution is -2.17. The third-order valence-electron chi connectivity index (χ3n) is 2.60.